The van der Waals surface area contributed by atoms with Gasteiger partial charge in [-0.05, 0) is 18.8 Å². The first-order valence-corrected chi connectivity index (χ1v) is 5.25. The van der Waals surface area contributed by atoms with Gasteiger partial charge >= 0.3 is 5.97 Å². The van der Waals surface area contributed by atoms with E-state index in [9.17, 15) is 14.7 Å². The van der Waals surface area contributed by atoms with Gasteiger partial charge in [0.2, 0.25) is 5.91 Å². The summed E-state index contributed by atoms with van der Waals surface area (Å²) in [5.41, 5.74) is 0. The molecule has 15 heavy (non-hydrogen) atoms. The highest BCUT2D eigenvalue weighted by atomic mass is 16.4. The van der Waals surface area contributed by atoms with Crippen molar-refractivity contribution in [2.24, 2.45) is 5.92 Å². The van der Waals surface area contributed by atoms with Crippen LogP contribution in [-0.4, -0.2) is 29.6 Å². The van der Waals surface area contributed by atoms with E-state index in [1.807, 2.05) is 0 Å². The number of hydrogen-bond donors (Lipinski definition) is 2. The predicted octanol–water partition coefficient (Wildman–Crippen LogP) is 0.567. The van der Waals surface area contributed by atoms with Crippen LogP contribution in [0.4, 0.5) is 0 Å². The molecule has 1 rings (SSSR count). The Morgan fingerprint density at radius 1 is 1.27 bits per heavy atom. The van der Waals surface area contributed by atoms with Crippen LogP contribution in [0.15, 0.2) is 0 Å². The first-order valence-electron chi connectivity index (χ1n) is 5.25. The van der Waals surface area contributed by atoms with Crippen molar-refractivity contribution in [1.29, 1.82) is 0 Å². The summed E-state index contributed by atoms with van der Waals surface area (Å²) in [5, 5.41) is 21.5. The number of amides is 1. The Hall–Kier alpha value is -1.10. The molecule has 0 aliphatic heterocycles. The monoisotopic (exact) mass is 214 g/mol. The highest BCUT2D eigenvalue weighted by molar-refractivity contribution is 5.84. The molecule has 1 radical (unpaired) electrons. The van der Waals surface area contributed by atoms with Gasteiger partial charge in [-0.1, -0.05) is 19.3 Å². The summed E-state index contributed by atoms with van der Waals surface area (Å²) < 4.78 is 0. The summed E-state index contributed by atoms with van der Waals surface area (Å²) in [6.45, 7) is -0.906. The first kappa shape index (κ1) is 12.0. The molecule has 0 aromatic heterocycles. The van der Waals surface area contributed by atoms with Crippen molar-refractivity contribution in [2.45, 2.75) is 38.1 Å². The number of aliphatic carboxylic acids is 1. The van der Waals surface area contributed by atoms with Crippen molar-refractivity contribution in [3.05, 3.63) is 0 Å². The molecule has 0 bridgehead atoms. The number of carboxylic acid groups (broad SMARTS) is 1. The standard InChI is InChI=1S/C10H16NO4/c12-6-8(13)11-9(10(14)15)7-4-2-1-3-5-7/h7,9H,1-6H2,(H,11,13)(H,14,15). The maximum atomic E-state index is 10.9. The largest absolute Gasteiger partial charge is 0.480 e. The Labute approximate surface area is 88.5 Å². The minimum Gasteiger partial charge on any atom is -0.480 e. The number of carboxylic acids is 1. The van der Waals surface area contributed by atoms with Crippen molar-refractivity contribution < 1.29 is 19.8 Å². The summed E-state index contributed by atoms with van der Waals surface area (Å²) in [4.78, 5) is 21.8. The zero-order valence-corrected chi connectivity index (χ0v) is 8.57. The molecule has 1 atom stereocenters. The van der Waals surface area contributed by atoms with Gasteiger partial charge in [-0.25, -0.2) is 9.90 Å². The fourth-order valence-electron chi connectivity index (χ4n) is 2.06. The molecule has 1 aliphatic carbocycles. The zero-order valence-electron chi connectivity index (χ0n) is 8.57. The molecule has 85 valence electrons. The summed E-state index contributed by atoms with van der Waals surface area (Å²) in [6, 6.07) is -0.883. The molecule has 1 fully saturated rings. The summed E-state index contributed by atoms with van der Waals surface area (Å²) in [7, 11) is 0. The molecule has 0 spiro atoms. The number of carbonyl (C=O) groups excluding carboxylic acids is 1. The minimum atomic E-state index is -1.04. The molecular weight excluding hydrogens is 198 g/mol. The Balaban J connectivity index is 2.55. The molecular formula is C10H16NO4. The van der Waals surface area contributed by atoms with Crippen molar-refractivity contribution in [3.8, 4) is 0 Å². The molecule has 2 N–H and O–H groups in total. The van der Waals surface area contributed by atoms with Crippen molar-refractivity contribution in [3.63, 3.8) is 0 Å². The Morgan fingerprint density at radius 3 is 2.33 bits per heavy atom. The fourth-order valence-corrected chi connectivity index (χ4v) is 2.06. The van der Waals surface area contributed by atoms with Gasteiger partial charge in [0.1, 0.15) is 6.04 Å². The van der Waals surface area contributed by atoms with E-state index in [1.165, 1.54) is 0 Å². The second-order valence-electron chi connectivity index (χ2n) is 3.93. The lowest BCUT2D eigenvalue weighted by Gasteiger charge is -2.27. The zero-order chi connectivity index (χ0) is 11.3. The van der Waals surface area contributed by atoms with Crippen LogP contribution in [0.2, 0.25) is 0 Å². The average Bonchev–Trinajstić information content (AvgIpc) is 2.26. The number of rotatable bonds is 4. The van der Waals surface area contributed by atoms with E-state index in [2.05, 4.69) is 5.32 Å². The van der Waals surface area contributed by atoms with Gasteiger partial charge in [-0.3, -0.25) is 4.79 Å². The molecule has 0 aromatic rings. The van der Waals surface area contributed by atoms with Gasteiger partial charge in [0.25, 0.3) is 0 Å². The van der Waals surface area contributed by atoms with Crippen LogP contribution in [0.3, 0.4) is 0 Å². The molecule has 0 aromatic carbocycles. The molecule has 1 amide bonds. The molecule has 0 heterocycles. The van der Waals surface area contributed by atoms with Crippen molar-refractivity contribution >= 4 is 11.9 Å². The van der Waals surface area contributed by atoms with Gasteiger partial charge in [-0.2, -0.15) is 0 Å². The van der Waals surface area contributed by atoms with Crippen LogP contribution in [-0.2, 0) is 14.7 Å². The van der Waals surface area contributed by atoms with Gasteiger partial charge in [-0.15, -0.1) is 0 Å². The molecule has 5 heteroatoms. The molecule has 1 unspecified atom stereocenters. The molecule has 1 aliphatic rings. The Bertz CT molecular complexity index is 236. The van der Waals surface area contributed by atoms with E-state index in [4.69, 9.17) is 5.11 Å². The van der Waals surface area contributed by atoms with E-state index in [0.717, 1.165) is 32.1 Å². The average molecular weight is 214 g/mol. The van der Waals surface area contributed by atoms with Gasteiger partial charge in [0.15, 0.2) is 6.61 Å². The summed E-state index contributed by atoms with van der Waals surface area (Å²) in [6.07, 6.45) is 4.76. The third-order valence-corrected chi connectivity index (χ3v) is 2.83. The third-order valence-electron chi connectivity index (χ3n) is 2.83. The summed E-state index contributed by atoms with van der Waals surface area (Å²) >= 11 is 0. The number of hydrogen-bond acceptors (Lipinski definition) is 2. The Kier molecular flexibility index (Phi) is 4.55. The van der Waals surface area contributed by atoms with Crippen LogP contribution in [0.5, 0.6) is 0 Å². The van der Waals surface area contributed by atoms with Crippen LogP contribution in [0, 0.1) is 5.92 Å². The first-order chi connectivity index (χ1) is 7.15. The Morgan fingerprint density at radius 2 is 1.87 bits per heavy atom. The third kappa shape index (κ3) is 3.51. The van der Waals surface area contributed by atoms with E-state index in [0.29, 0.717) is 0 Å². The molecule has 5 nitrogen and oxygen atoms in total. The quantitative estimate of drug-likeness (QED) is 0.717. The van der Waals surface area contributed by atoms with Crippen LogP contribution in [0.25, 0.3) is 0 Å². The molecule has 0 saturated heterocycles. The SMILES string of the molecule is [O]CC(=O)NC(C(=O)O)C1CCCCC1. The lowest BCUT2D eigenvalue weighted by Crippen LogP contribution is -2.47. The fraction of sp³-hybridized carbons (Fsp3) is 0.800. The lowest BCUT2D eigenvalue weighted by atomic mass is 9.84. The maximum absolute atomic E-state index is 10.9. The van der Waals surface area contributed by atoms with Crippen LogP contribution < -0.4 is 5.32 Å². The highest BCUT2D eigenvalue weighted by Crippen LogP contribution is 2.26. The minimum absolute atomic E-state index is 0.0215. The summed E-state index contributed by atoms with van der Waals surface area (Å²) in [5.74, 6) is -1.79. The van der Waals surface area contributed by atoms with E-state index >= 15 is 0 Å². The van der Waals surface area contributed by atoms with Crippen molar-refractivity contribution in [1.82, 2.24) is 5.32 Å². The number of nitrogens with one attached hydrogen (secondary N) is 1. The predicted molar refractivity (Wildman–Crippen MR) is 51.7 cm³/mol. The maximum Gasteiger partial charge on any atom is 0.326 e. The van der Waals surface area contributed by atoms with Gasteiger partial charge in [0.05, 0.1) is 0 Å². The highest BCUT2D eigenvalue weighted by Gasteiger charge is 2.30. The smallest absolute Gasteiger partial charge is 0.326 e. The number of carbonyl (C=O) groups is 2. The topological polar surface area (TPSA) is 86.3 Å². The van der Waals surface area contributed by atoms with Gasteiger partial charge in [0, 0.05) is 0 Å². The van der Waals surface area contributed by atoms with Crippen LogP contribution in [0.1, 0.15) is 32.1 Å². The van der Waals surface area contributed by atoms with E-state index < -0.39 is 24.5 Å². The van der Waals surface area contributed by atoms with E-state index in [-0.39, 0.29) is 5.92 Å². The van der Waals surface area contributed by atoms with E-state index in [1.54, 1.807) is 0 Å². The van der Waals surface area contributed by atoms with Gasteiger partial charge < -0.3 is 10.4 Å². The van der Waals surface area contributed by atoms with Crippen LogP contribution >= 0.6 is 0 Å². The van der Waals surface area contributed by atoms with Crippen molar-refractivity contribution in [2.75, 3.05) is 6.61 Å². The second kappa shape index (κ2) is 5.70. The normalized spacial score (nSPS) is 19.5. The molecule has 1 saturated carbocycles. The second-order valence-corrected chi connectivity index (χ2v) is 3.93. The lowest BCUT2D eigenvalue weighted by molar-refractivity contribution is -0.144.